The van der Waals surface area contributed by atoms with Gasteiger partial charge in [-0.25, -0.2) is 31.7 Å². The fourth-order valence-electron chi connectivity index (χ4n) is 2.17. The lowest BCUT2D eigenvalue weighted by atomic mass is 10.3. The minimum atomic E-state index is -4.28. The SMILES string of the molecule is CC(=O)Nc1cc(S(=O)(=O)NC(=O)Nc2ccc(NC(=O)NS(=O)O)cc2)ccc1Cl. The van der Waals surface area contributed by atoms with Gasteiger partial charge >= 0.3 is 12.1 Å². The summed E-state index contributed by atoms with van der Waals surface area (Å²) in [5, 5.41) is 7.06. The Morgan fingerprint density at radius 3 is 2.00 bits per heavy atom. The van der Waals surface area contributed by atoms with Gasteiger partial charge in [0, 0.05) is 18.3 Å². The highest BCUT2D eigenvalue weighted by molar-refractivity contribution is 7.90. The Bertz CT molecular complexity index is 1140. The smallest absolute Gasteiger partial charge is 0.325 e. The molecule has 0 bridgehead atoms. The molecule has 2 rings (SSSR count). The zero-order chi connectivity index (χ0) is 23.2. The summed E-state index contributed by atoms with van der Waals surface area (Å²) in [5.41, 5.74) is 0.502. The zero-order valence-electron chi connectivity index (χ0n) is 15.6. The molecule has 12 nitrogen and oxygen atoms in total. The first-order chi connectivity index (χ1) is 14.5. The van der Waals surface area contributed by atoms with Crippen molar-refractivity contribution in [2.45, 2.75) is 11.8 Å². The van der Waals surface area contributed by atoms with Crippen LogP contribution in [-0.2, 0) is 26.1 Å². The van der Waals surface area contributed by atoms with Crippen LogP contribution in [-0.4, -0.2) is 35.1 Å². The van der Waals surface area contributed by atoms with Gasteiger partial charge < -0.3 is 16.0 Å². The van der Waals surface area contributed by atoms with Crippen LogP contribution in [0.1, 0.15) is 6.92 Å². The summed E-state index contributed by atoms with van der Waals surface area (Å²) in [6.45, 7) is 1.23. The standard InChI is InChI=1S/C16H16ClN5O7S2/c1-9(23)18-14-8-12(6-7-13(14)17)31(28,29)22-16(25)20-11-4-2-10(3-5-11)19-15(24)21-30(26)27/h2-8H,1H3,(H,18,23)(H,26,27)(H2,19,21,24)(H2,20,22,25). The van der Waals surface area contributed by atoms with E-state index in [1.54, 1.807) is 4.72 Å². The number of benzene rings is 2. The summed E-state index contributed by atoms with van der Waals surface area (Å²) in [4.78, 5) is 34.3. The molecule has 0 fully saturated rings. The fraction of sp³-hybridized carbons (Fsp3) is 0.0625. The number of halogens is 1. The van der Waals surface area contributed by atoms with E-state index in [1.165, 1.54) is 37.3 Å². The van der Waals surface area contributed by atoms with Crippen molar-refractivity contribution in [2.75, 3.05) is 16.0 Å². The third-order valence-electron chi connectivity index (χ3n) is 3.37. The first-order valence-corrected chi connectivity index (χ1v) is 11.1. The molecule has 0 saturated heterocycles. The fourth-order valence-corrected chi connectivity index (χ4v) is 3.47. The molecule has 0 radical (unpaired) electrons. The van der Waals surface area contributed by atoms with Gasteiger partial charge in [0.2, 0.25) is 5.91 Å². The van der Waals surface area contributed by atoms with Crippen molar-refractivity contribution >= 4 is 67.9 Å². The predicted octanol–water partition coefficient (Wildman–Crippen LogP) is 2.07. The van der Waals surface area contributed by atoms with E-state index in [2.05, 4.69) is 16.0 Å². The number of nitrogens with one attached hydrogen (secondary N) is 5. The zero-order valence-corrected chi connectivity index (χ0v) is 18.0. The molecule has 1 unspecified atom stereocenters. The molecular weight excluding hydrogens is 474 g/mol. The largest absolute Gasteiger partial charge is 0.333 e. The molecule has 0 heterocycles. The molecule has 0 aliphatic heterocycles. The van der Waals surface area contributed by atoms with E-state index >= 15 is 0 Å². The summed E-state index contributed by atoms with van der Waals surface area (Å²) in [5.74, 6) is -0.456. The van der Waals surface area contributed by atoms with Crippen molar-refractivity contribution in [2.24, 2.45) is 0 Å². The van der Waals surface area contributed by atoms with Gasteiger partial charge in [-0.15, -0.1) is 0 Å². The Hall–Kier alpha value is -3.20. The molecule has 31 heavy (non-hydrogen) atoms. The maximum atomic E-state index is 12.4. The monoisotopic (exact) mass is 489 g/mol. The van der Waals surface area contributed by atoms with Crippen LogP contribution in [0.25, 0.3) is 0 Å². The third-order valence-corrected chi connectivity index (χ3v) is 5.38. The lowest BCUT2D eigenvalue weighted by Gasteiger charge is -2.11. The molecular formula is C16H16ClN5O7S2. The maximum absolute atomic E-state index is 12.4. The van der Waals surface area contributed by atoms with Crippen LogP contribution in [0.3, 0.4) is 0 Å². The number of hydrogen-bond donors (Lipinski definition) is 6. The van der Waals surface area contributed by atoms with Crippen LogP contribution in [0.4, 0.5) is 26.7 Å². The number of hydrogen-bond acceptors (Lipinski definition) is 6. The summed E-state index contributed by atoms with van der Waals surface area (Å²) < 4.78 is 47.4. The third kappa shape index (κ3) is 7.53. The highest BCUT2D eigenvalue weighted by atomic mass is 35.5. The van der Waals surface area contributed by atoms with Gasteiger partial charge in [-0.2, -0.15) is 0 Å². The molecule has 2 aromatic rings. The van der Waals surface area contributed by atoms with E-state index in [9.17, 15) is 27.0 Å². The molecule has 0 aliphatic rings. The van der Waals surface area contributed by atoms with Gasteiger partial charge in [-0.05, 0) is 42.5 Å². The van der Waals surface area contributed by atoms with Crippen LogP contribution >= 0.6 is 11.6 Å². The van der Waals surface area contributed by atoms with E-state index in [1.807, 2.05) is 4.72 Å². The second-order valence-corrected chi connectivity index (χ2v) is 8.56. The average Bonchev–Trinajstić information content (AvgIpc) is 2.63. The summed E-state index contributed by atoms with van der Waals surface area (Å²) in [6.07, 6.45) is 0. The second kappa shape index (κ2) is 10.2. The van der Waals surface area contributed by atoms with Crippen molar-refractivity contribution in [1.29, 1.82) is 0 Å². The van der Waals surface area contributed by atoms with E-state index < -0.39 is 39.3 Å². The quantitative estimate of drug-likeness (QED) is 0.335. The Morgan fingerprint density at radius 2 is 1.48 bits per heavy atom. The van der Waals surface area contributed by atoms with Crippen LogP contribution in [0.2, 0.25) is 5.02 Å². The first-order valence-electron chi connectivity index (χ1n) is 8.16. The Morgan fingerprint density at radius 1 is 0.935 bits per heavy atom. The van der Waals surface area contributed by atoms with Gasteiger partial charge in [-0.1, -0.05) is 11.6 Å². The minimum absolute atomic E-state index is 0.0645. The van der Waals surface area contributed by atoms with E-state index in [0.29, 0.717) is 0 Å². The molecule has 2 aromatic carbocycles. The van der Waals surface area contributed by atoms with Crippen molar-refractivity contribution in [3.63, 3.8) is 0 Å². The lowest BCUT2D eigenvalue weighted by molar-refractivity contribution is -0.114. The Kier molecular flexibility index (Phi) is 7.93. The normalized spacial score (nSPS) is 11.7. The molecule has 1 atom stereocenters. The molecule has 5 amide bonds. The first kappa shape index (κ1) is 24.1. The Labute approximate surface area is 184 Å². The minimum Gasteiger partial charge on any atom is -0.325 e. The van der Waals surface area contributed by atoms with Crippen LogP contribution in [0.15, 0.2) is 47.4 Å². The van der Waals surface area contributed by atoms with Gasteiger partial charge in [0.1, 0.15) is 0 Å². The second-order valence-electron chi connectivity index (χ2n) is 5.77. The van der Waals surface area contributed by atoms with E-state index in [4.69, 9.17) is 16.2 Å². The molecule has 6 N–H and O–H groups in total. The van der Waals surface area contributed by atoms with Crippen molar-refractivity contribution < 1.29 is 31.6 Å². The maximum Gasteiger partial charge on any atom is 0.333 e. The molecule has 0 aliphatic carbocycles. The number of sulfonamides is 1. The summed E-state index contributed by atoms with van der Waals surface area (Å²) >= 11 is 3.38. The van der Waals surface area contributed by atoms with Gasteiger partial charge in [0.15, 0.2) is 0 Å². The highest BCUT2D eigenvalue weighted by Gasteiger charge is 2.19. The lowest BCUT2D eigenvalue weighted by Crippen LogP contribution is -2.34. The number of urea groups is 2. The predicted molar refractivity (Wildman–Crippen MR) is 114 cm³/mol. The van der Waals surface area contributed by atoms with Crippen molar-refractivity contribution in [3.8, 4) is 0 Å². The number of rotatable bonds is 6. The van der Waals surface area contributed by atoms with E-state index in [0.717, 1.165) is 12.1 Å². The van der Waals surface area contributed by atoms with Crippen molar-refractivity contribution in [3.05, 3.63) is 47.5 Å². The number of carbonyl (C=O) groups is 3. The molecule has 15 heteroatoms. The summed E-state index contributed by atoms with van der Waals surface area (Å²) in [6, 6.07) is 6.97. The van der Waals surface area contributed by atoms with Crippen LogP contribution < -0.4 is 25.4 Å². The van der Waals surface area contributed by atoms with Gasteiger partial charge in [0.05, 0.1) is 15.6 Å². The molecule has 0 spiro atoms. The molecule has 0 saturated carbocycles. The molecule has 0 aromatic heterocycles. The average molecular weight is 490 g/mol. The molecule has 166 valence electrons. The number of carbonyl (C=O) groups excluding carboxylic acids is 3. The van der Waals surface area contributed by atoms with Gasteiger partial charge in [0.25, 0.3) is 21.3 Å². The van der Waals surface area contributed by atoms with Crippen molar-refractivity contribution in [1.82, 2.24) is 9.44 Å². The number of amides is 5. The Balaban J connectivity index is 2.04. The number of anilines is 3. The van der Waals surface area contributed by atoms with E-state index in [-0.39, 0.29) is 27.0 Å². The van der Waals surface area contributed by atoms with Crippen LogP contribution in [0.5, 0.6) is 0 Å². The topological polar surface area (TPSA) is 183 Å². The van der Waals surface area contributed by atoms with Gasteiger partial charge in [-0.3, -0.25) is 9.35 Å². The highest BCUT2D eigenvalue weighted by Crippen LogP contribution is 2.25. The summed E-state index contributed by atoms with van der Waals surface area (Å²) in [7, 11) is -4.28. The van der Waals surface area contributed by atoms with Crippen LogP contribution in [0, 0.1) is 0 Å².